The van der Waals surface area contributed by atoms with Crippen molar-refractivity contribution < 1.29 is 24.2 Å². The first-order valence-corrected chi connectivity index (χ1v) is 6.97. The van der Waals surface area contributed by atoms with Crippen LogP contribution in [0.25, 0.3) is 0 Å². The minimum absolute atomic E-state index is 0.100. The summed E-state index contributed by atoms with van der Waals surface area (Å²) in [6, 6.07) is -0.462. The van der Waals surface area contributed by atoms with Crippen LogP contribution in [-0.2, 0) is 19.1 Å². The smallest absolute Gasteiger partial charge is 0.322 e. The van der Waals surface area contributed by atoms with Gasteiger partial charge in [0.25, 0.3) is 0 Å². The van der Waals surface area contributed by atoms with Crippen LogP contribution in [0.15, 0.2) is 5.10 Å². The highest BCUT2D eigenvalue weighted by Gasteiger charge is 2.50. The maximum atomic E-state index is 12.0. The van der Waals surface area contributed by atoms with Crippen LogP contribution >= 0.6 is 0 Å². The van der Waals surface area contributed by atoms with E-state index in [0.29, 0.717) is 13.0 Å². The first-order valence-electron chi connectivity index (χ1n) is 6.97. The molecule has 120 valence electrons. The van der Waals surface area contributed by atoms with Gasteiger partial charge in [-0.15, -0.1) is 0 Å². The zero-order valence-corrected chi connectivity index (χ0v) is 13.0. The molecule has 7 heteroatoms. The third-order valence-corrected chi connectivity index (χ3v) is 3.64. The number of rotatable bonds is 7. The molecule has 1 unspecified atom stereocenters. The zero-order chi connectivity index (χ0) is 16.0. The highest BCUT2D eigenvalue weighted by molar-refractivity contribution is 5.96. The Kier molecular flexibility index (Phi) is 6.14. The molecule has 21 heavy (non-hydrogen) atoms. The molecule has 1 heterocycles. The minimum Gasteiger partial charge on any atom is -0.468 e. The fourth-order valence-corrected chi connectivity index (χ4v) is 2.55. The molecular formula is C14H24N2O5. The lowest BCUT2D eigenvalue weighted by atomic mass is 9.78. The lowest BCUT2D eigenvalue weighted by Crippen LogP contribution is -2.50. The molecule has 0 aromatic rings. The van der Waals surface area contributed by atoms with Gasteiger partial charge in [0.15, 0.2) is 5.92 Å². The summed E-state index contributed by atoms with van der Waals surface area (Å²) in [4.78, 5) is 24.0. The van der Waals surface area contributed by atoms with Crippen molar-refractivity contribution in [3.63, 3.8) is 0 Å². The van der Waals surface area contributed by atoms with E-state index in [0.717, 1.165) is 6.42 Å². The van der Waals surface area contributed by atoms with Crippen molar-refractivity contribution in [2.24, 2.45) is 16.4 Å². The van der Waals surface area contributed by atoms with Crippen molar-refractivity contribution in [2.45, 2.75) is 32.7 Å². The molecule has 1 rings (SSSR count). The molecule has 0 aromatic heterocycles. The number of nitrogens with zero attached hydrogens (tertiary/aromatic N) is 2. The Morgan fingerprint density at radius 2 is 1.86 bits per heavy atom. The van der Waals surface area contributed by atoms with Crippen molar-refractivity contribution in [1.29, 1.82) is 0 Å². The summed E-state index contributed by atoms with van der Waals surface area (Å²) in [6.45, 7) is 4.47. The molecule has 0 radical (unpaired) electrons. The number of hydrogen-bond acceptors (Lipinski definition) is 7. The van der Waals surface area contributed by atoms with E-state index in [9.17, 15) is 9.59 Å². The van der Waals surface area contributed by atoms with Gasteiger partial charge < -0.3 is 14.6 Å². The SMILES string of the molecule is COC(=O)C(C(=O)OC)C1N(CCCCO)N=CC1(C)C. The van der Waals surface area contributed by atoms with E-state index in [2.05, 4.69) is 5.10 Å². The summed E-state index contributed by atoms with van der Waals surface area (Å²) in [7, 11) is 2.49. The number of esters is 2. The van der Waals surface area contributed by atoms with E-state index in [1.54, 1.807) is 11.2 Å². The van der Waals surface area contributed by atoms with E-state index in [4.69, 9.17) is 14.6 Å². The van der Waals surface area contributed by atoms with Gasteiger partial charge in [-0.2, -0.15) is 5.10 Å². The van der Waals surface area contributed by atoms with Crippen molar-refractivity contribution in [3.8, 4) is 0 Å². The Morgan fingerprint density at radius 3 is 2.33 bits per heavy atom. The molecule has 0 spiro atoms. The highest BCUT2D eigenvalue weighted by atomic mass is 16.5. The van der Waals surface area contributed by atoms with Crippen LogP contribution in [0.5, 0.6) is 0 Å². The maximum Gasteiger partial charge on any atom is 0.322 e. The molecule has 0 saturated carbocycles. The van der Waals surface area contributed by atoms with E-state index >= 15 is 0 Å². The summed E-state index contributed by atoms with van der Waals surface area (Å²) in [5.74, 6) is -2.30. The molecule has 0 fully saturated rings. The molecule has 1 atom stereocenters. The van der Waals surface area contributed by atoms with Crippen LogP contribution in [0.1, 0.15) is 26.7 Å². The molecule has 1 aliphatic heterocycles. The maximum absolute atomic E-state index is 12.0. The lowest BCUT2D eigenvalue weighted by Gasteiger charge is -2.35. The second-order valence-corrected chi connectivity index (χ2v) is 5.63. The van der Waals surface area contributed by atoms with Crippen LogP contribution in [0.3, 0.4) is 0 Å². The molecule has 0 amide bonds. The fraction of sp³-hybridized carbons (Fsp3) is 0.786. The van der Waals surface area contributed by atoms with Gasteiger partial charge in [0, 0.05) is 24.8 Å². The fourth-order valence-electron chi connectivity index (χ4n) is 2.55. The number of methoxy groups -OCH3 is 2. The van der Waals surface area contributed by atoms with Crippen LogP contribution in [0, 0.1) is 11.3 Å². The first kappa shape index (κ1) is 17.4. The standard InChI is InChI=1S/C14H24N2O5/c1-14(2)9-15-16(7-5-6-8-17)11(14)10(12(18)20-3)13(19)21-4/h9-11,17H,5-8H2,1-4H3. The largest absolute Gasteiger partial charge is 0.468 e. The monoisotopic (exact) mass is 300 g/mol. The molecule has 0 saturated heterocycles. The first-order chi connectivity index (χ1) is 9.88. The topological polar surface area (TPSA) is 88.4 Å². The Bertz CT molecular complexity index is 392. The number of unbranched alkanes of at least 4 members (excludes halogenated alkanes) is 1. The average molecular weight is 300 g/mol. The van der Waals surface area contributed by atoms with Gasteiger partial charge in [0.2, 0.25) is 0 Å². The van der Waals surface area contributed by atoms with Crippen molar-refractivity contribution in [2.75, 3.05) is 27.4 Å². The highest BCUT2D eigenvalue weighted by Crippen LogP contribution is 2.35. The number of carbonyl (C=O) groups is 2. The lowest BCUT2D eigenvalue weighted by molar-refractivity contribution is -0.163. The molecule has 0 aromatic carbocycles. The molecule has 1 aliphatic rings. The van der Waals surface area contributed by atoms with E-state index in [1.165, 1.54) is 14.2 Å². The predicted octanol–water partition coefficient (Wildman–Crippen LogP) is 0.417. The third-order valence-electron chi connectivity index (χ3n) is 3.64. The Morgan fingerprint density at radius 1 is 1.29 bits per heavy atom. The van der Waals surface area contributed by atoms with Gasteiger partial charge in [-0.25, -0.2) is 0 Å². The number of aliphatic hydroxyl groups is 1. The Labute approximate surface area is 124 Å². The second-order valence-electron chi connectivity index (χ2n) is 5.63. The number of hydrogen-bond donors (Lipinski definition) is 1. The molecule has 0 aliphatic carbocycles. The number of aliphatic hydroxyl groups excluding tert-OH is 1. The predicted molar refractivity (Wildman–Crippen MR) is 76.6 cm³/mol. The minimum atomic E-state index is -1.05. The second kappa shape index (κ2) is 7.40. The van der Waals surface area contributed by atoms with E-state index < -0.39 is 29.3 Å². The van der Waals surface area contributed by atoms with Crippen molar-refractivity contribution >= 4 is 18.2 Å². The third kappa shape index (κ3) is 3.93. The van der Waals surface area contributed by atoms with Gasteiger partial charge in [-0.05, 0) is 12.8 Å². The van der Waals surface area contributed by atoms with E-state index in [1.807, 2.05) is 13.8 Å². The summed E-state index contributed by atoms with van der Waals surface area (Å²) in [6.07, 6.45) is 3.09. The van der Waals surface area contributed by atoms with Crippen LogP contribution in [0.2, 0.25) is 0 Å². The molecule has 0 bridgehead atoms. The van der Waals surface area contributed by atoms with Gasteiger partial charge in [-0.3, -0.25) is 14.6 Å². The Hall–Kier alpha value is -1.63. The van der Waals surface area contributed by atoms with Gasteiger partial charge >= 0.3 is 11.9 Å². The van der Waals surface area contributed by atoms with Crippen LogP contribution in [-0.4, -0.2) is 61.7 Å². The van der Waals surface area contributed by atoms with Gasteiger partial charge in [0.05, 0.1) is 20.3 Å². The van der Waals surface area contributed by atoms with Gasteiger partial charge in [-0.1, -0.05) is 13.8 Å². The number of ether oxygens (including phenoxy) is 2. The molecular weight excluding hydrogens is 276 g/mol. The van der Waals surface area contributed by atoms with Crippen molar-refractivity contribution in [3.05, 3.63) is 0 Å². The number of hydrazone groups is 1. The van der Waals surface area contributed by atoms with E-state index in [-0.39, 0.29) is 6.61 Å². The number of carbonyl (C=O) groups excluding carboxylic acids is 2. The summed E-state index contributed by atoms with van der Waals surface area (Å²) in [5.41, 5.74) is -0.466. The molecule has 1 N–H and O–H groups in total. The average Bonchev–Trinajstić information content (AvgIpc) is 2.75. The van der Waals surface area contributed by atoms with Gasteiger partial charge in [0.1, 0.15) is 0 Å². The summed E-state index contributed by atoms with van der Waals surface area (Å²) >= 11 is 0. The quantitative estimate of drug-likeness (QED) is 0.416. The molecule has 7 nitrogen and oxygen atoms in total. The summed E-state index contributed by atoms with van der Waals surface area (Å²) < 4.78 is 9.51. The van der Waals surface area contributed by atoms with Crippen LogP contribution in [0.4, 0.5) is 0 Å². The summed E-state index contributed by atoms with van der Waals surface area (Å²) in [5, 5.41) is 14.9. The Balaban J connectivity index is 2.99. The van der Waals surface area contributed by atoms with Crippen LogP contribution < -0.4 is 0 Å². The zero-order valence-electron chi connectivity index (χ0n) is 13.0. The van der Waals surface area contributed by atoms with Crippen molar-refractivity contribution in [1.82, 2.24) is 5.01 Å². The normalized spacial score (nSPS) is 19.9.